The van der Waals surface area contributed by atoms with Crippen molar-refractivity contribution in [2.24, 2.45) is 5.92 Å². The van der Waals surface area contributed by atoms with Gasteiger partial charge in [-0.25, -0.2) is 0 Å². The molecule has 0 bridgehead atoms. The Morgan fingerprint density at radius 3 is 2.86 bits per heavy atom. The van der Waals surface area contributed by atoms with Crippen LogP contribution in [0.5, 0.6) is 0 Å². The summed E-state index contributed by atoms with van der Waals surface area (Å²) in [6, 6.07) is 6.45. The van der Waals surface area contributed by atoms with Crippen molar-refractivity contribution in [3.63, 3.8) is 0 Å². The van der Waals surface area contributed by atoms with Gasteiger partial charge in [0.15, 0.2) is 0 Å². The average Bonchev–Trinajstić information content (AvgIpc) is 2.91. The molecule has 1 fully saturated rings. The largest absolute Gasteiger partial charge is 0.471 e. The van der Waals surface area contributed by atoms with Crippen molar-refractivity contribution >= 4 is 23.4 Å². The molecule has 1 heterocycles. The molecule has 0 aromatic heterocycles. The zero-order valence-electron chi connectivity index (χ0n) is 11.4. The van der Waals surface area contributed by atoms with Gasteiger partial charge in [-0.1, -0.05) is 12.1 Å². The first-order valence-corrected chi connectivity index (χ1v) is 7.86. The van der Waals surface area contributed by atoms with Crippen LogP contribution in [0.1, 0.15) is 12.0 Å². The van der Waals surface area contributed by atoms with Crippen LogP contribution < -0.4 is 10.6 Å². The highest BCUT2D eigenvalue weighted by Gasteiger charge is 2.38. The second-order valence-electron chi connectivity index (χ2n) is 5.01. The number of benzene rings is 1. The van der Waals surface area contributed by atoms with Crippen LogP contribution in [-0.2, 0) is 11.3 Å². The van der Waals surface area contributed by atoms with E-state index in [1.807, 2.05) is 23.1 Å². The van der Waals surface area contributed by atoms with Crippen molar-refractivity contribution < 1.29 is 18.0 Å². The molecule has 1 atom stereocenters. The number of hydrogen-bond donors (Lipinski definition) is 2. The van der Waals surface area contributed by atoms with Gasteiger partial charge in [0.25, 0.3) is 0 Å². The van der Waals surface area contributed by atoms with E-state index in [9.17, 15) is 18.0 Å². The van der Waals surface area contributed by atoms with Gasteiger partial charge in [0.05, 0.1) is 0 Å². The Labute approximate surface area is 125 Å². The fourth-order valence-electron chi connectivity index (χ4n) is 2.13. The third-order valence-corrected chi connectivity index (χ3v) is 4.46. The van der Waals surface area contributed by atoms with Crippen LogP contribution >= 0.6 is 11.8 Å². The molecule has 116 valence electrons. The maximum absolute atomic E-state index is 12.2. The van der Waals surface area contributed by atoms with E-state index in [1.54, 1.807) is 12.1 Å². The highest BCUT2D eigenvalue weighted by molar-refractivity contribution is 7.99. The molecule has 1 saturated heterocycles. The first kappa shape index (κ1) is 16.2. The number of rotatable bonds is 5. The summed E-state index contributed by atoms with van der Waals surface area (Å²) in [4.78, 5) is 10.9. The molecule has 0 radical (unpaired) electrons. The van der Waals surface area contributed by atoms with Gasteiger partial charge in [0.2, 0.25) is 0 Å². The summed E-state index contributed by atoms with van der Waals surface area (Å²) in [5.74, 6) is 1.08. The SMILES string of the molecule is O=C(Nc1cccc(CNCC2CCSC2)c1)C(F)(F)F. The van der Waals surface area contributed by atoms with Crippen LogP contribution in [-0.4, -0.2) is 30.1 Å². The van der Waals surface area contributed by atoms with E-state index in [0.29, 0.717) is 12.5 Å². The fourth-order valence-corrected chi connectivity index (χ4v) is 3.41. The number of halogens is 3. The van der Waals surface area contributed by atoms with Gasteiger partial charge in [-0.3, -0.25) is 4.79 Å². The van der Waals surface area contributed by atoms with Gasteiger partial charge in [0, 0.05) is 12.2 Å². The summed E-state index contributed by atoms with van der Waals surface area (Å²) in [6.45, 7) is 1.49. The maximum atomic E-state index is 12.2. The molecule has 21 heavy (non-hydrogen) atoms. The summed E-state index contributed by atoms with van der Waals surface area (Å²) >= 11 is 1.95. The maximum Gasteiger partial charge on any atom is 0.471 e. The van der Waals surface area contributed by atoms with E-state index >= 15 is 0 Å². The standard InChI is InChI=1S/C14H17F3N2OS/c15-14(16,17)13(20)19-12-3-1-2-10(6-12)7-18-8-11-4-5-21-9-11/h1-3,6,11,18H,4-5,7-9H2,(H,19,20). The minimum atomic E-state index is -4.87. The first-order chi connectivity index (χ1) is 9.95. The lowest BCUT2D eigenvalue weighted by Gasteiger charge is -2.12. The molecule has 0 aliphatic carbocycles. The quantitative estimate of drug-likeness (QED) is 0.877. The molecule has 1 amide bonds. The van der Waals surface area contributed by atoms with E-state index in [2.05, 4.69) is 5.32 Å². The number of nitrogens with one attached hydrogen (secondary N) is 2. The molecule has 1 aromatic carbocycles. The van der Waals surface area contributed by atoms with Crippen molar-refractivity contribution in [3.8, 4) is 0 Å². The summed E-state index contributed by atoms with van der Waals surface area (Å²) in [5.41, 5.74) is 1.01. The fraction of sp³-hybridized carbons (Fsp3) is 0.500. The van der Waals surface area contributed by atoms with Crippen LogP contribution in [0, 0.1) is 5.92 Å². The van der Waals surface area contributed by atoms with Gasteiger partial charge in [0.1, 0.15) is 0 Å². The molecule has 1 aliphatic rings. The Morgan fingerprint density at radius 2 is 2.19 bits per heavy atom. The third-order valence-electron chi connectivity index (χ3n) is 3.23. The third kappa shape index (κ3) is 5.24. The Kier molecular flexibility index (Phi) is 5.52. The molecule has 7 heteroatoms. The molecular weight excluding hydrogens is 301 g/mol. The van der Waals surface area contributed by atoms with Crippen LogP contribution in [0.4, 0.5) is 18.9 Å². The Bertz CT molecular complexity index is 487. The number of amides is 1. The number of carbonyl (C=O) groups excluding carboxylic acids is 1. The minimum Gasteiger partial charge on any atom is -0.318 e. The molecule has 1 unspecified atom stereocenters. The van der Waals surface area contributed by atoms with Crippen molar-refractivity contribution in [2.75, 3.05) is 23.4 Å². The van der Waals surface area contributed by atoms with Gasteiger partial charge in [-0.2, -0.15) is 24.9 Å². The molecule has 2 N–H and O–H groups in total. The number of carbonyl (C=O) groups is 1. The van der Waals surface area contributed by atoms with Gasteiger partial charge in [-0.05, 0) is 48.1 Å². The van der Waals surface area contributed by atoms with Crippen LogP contribution in [0.3, 0.4) is 0 Å². The molecule has 1 aromatic rings. The molecular formula is C14H17F3N2OS. The van der Waals surface area contributed by atoms with Crippen molar-refractivity contribution in [1.82, 2.24) is 5.32 Å². The minimum absolute atomic E-state index is 0.160. The van der Waals surface area contributed by atoms with Crippen LogP contribution in [0.2, 0.25) is 0 Å². The zero-order chi connectivity index (χ0) is 15.3. The van der Waals surface area contributed by atoms with E-state index in [1.165, 1.54) is 18.2 Å². The summed E-state index contributed by atoms with van der Waals surface area (Å²) in [7, 11) is 0. The molecule has 0 spiro atoms. The van der Waals surface area contributed by atoms with E-state index < -0.39 is 12.1 Å². The van der Waals surface area contributed by atoms with Crippen molar-refractivity contribution in [1.29, 1.82) is 0 Å². The highest BCUT2D eigenvalue weighted by atomic mass is 32.2. The van der Waals surface area contributed by atoms with Gasteiger partial charge >= 0.3 is 12.1 Å². The van der Waals surface area contributed by atoms with Gasteiger partial charge in [-0.15, -0.1) is 0 Å². The number of alkyl halides is 3. The van der Waals surface area contributed by atoms with E-state index in [-0.39, 0.29) is 5.69 Å². The lowest BCUT2D eigenvalue weighted by atomic mass is 10.1. The predicted octanol–water partition coefficient (Wildman–Crippen LogP) is 3.03. The molecule has 3 nitrogen and oxygen atoms in total. The second-order valence-corrected chi connectivity index (χ2v) is 6.16. The molecule has 1 aliphatic heterocycles. The van der Waals surface area contributed by atoms with E-state index in [4.69, 9.17) is 0 Å². The lowest BCUT2D eigenvalue weighted by molar-refractivity contribution is -0.167. The summed E-state index contributed by atoms with van der Waals surface area (Å²) in [5, 5.41) is 5.16. The average molecular weight is 318 g/mol. The van der Waals surface area contributed by atoms with Crippen LogP contribution in [0.15, 0.2) is 24.3 Å². The topological polar surface area (TPSA) is 41.1 Å². The number of anilines is 1. The summed E-state index contributed by atoms with van der Waals surface area (Å²) in [6.07, 6.45) is -3.66. The van der Waals surface area contributed by atoms with Crippen molar-refractivity contribution in [2.45, 2.75) is 19.1 Å². The normalized spacial score (nSPS) is 18.7. The van der Waals surface area contributed by atoms with Crippen molar-refractivity contribution in [3.05, 3.63) is 29.8 Å². The first-order valence-electron chi connectivity index (χ1n) is 6.71. The summed E-state index contributed by atoms with van der Waals surface area (Å²) < 4.78 is 36.6. The molecule has 2 rings (SSSR count). The molecule has 0 saturated carbocycles. The smallest absolute Gasteiger partial charge is 0.318 e. The predicted molar refractivity (Wildman–Crippen MR) is 78.3 cm³/mol. The van der Waals surface area contributed by atoms with E-state index in [0.717, 1.165) is 17.9 Å². The van der Waals surface area contributed by atoms with Crippen LogP contribution in [0.25, 0.3) is 0 Å². The second kappa shape index (κ2) is 7.17. The highest BCUT2D eigenvalue weighted by Crippen LogP contribution is 2.23. The number of hydrogen-bond acceptors (Lipinski definition) is 3. The number of thioether (sulfide) groups is 1. The lowest BCUT2D eigenvalue weighted by Crippen LogP contribution is -2.30. The zero-order valence-corrected chi connectivity index (χ0v) is 12.2. The Balaban J connectivity index is 1.84. The monoisotopic (exact) mass is 318 g/mol. The van der Waals surface area contributed by atoms with Gasteiger partial charge < -0.3 is 10.6 Å². The Morgan fingerprint density at radius 1 is 1.38 bits per heavy atom. The Hall–Kier alpha value is -1.21.